The predicted octanol–water partition coefficient (Wildman–Crippen LogP) is 3.77. The van der Waals surface area contributed by atoms with E-state index in [4.69, 9.17) is 0 Å². The van der Waals surface area contributed by atoms with Gasteiger partial charge >= 0.3 is 0 Å². The molecule has 2 amide bonds. The number of nitrogens with zero attached hydrogens (tertiary/aromatic N) is 1. The number of hydrogen-bond donors (Lipinski definition) is 2. The van der Waals surface area contributed by atoms with Crippen molar-refractivity contribution in [2.75, 3.05) is 10.6 Å². The second-order valence-electron chi connectivity index (χ2n) is 4.80. The minimum Gasteiger partial charge on any atom is -0.326 e. The Balaban J connectivity index is 2.12. The molecule has 2 aromatic rings. The first-order valence-electron chi connectivity index (χ1n) is 7.12. The quantitative estimate of drug-likeness (QED) is 0.853. The molecule has 1 aromatic heterocycles. The topological polar surface area (TPSA) is 71.1 Å². The maximum atomic E-state index is 11.6. The van der Waals surface area contributed by atoms with Crippen LogP contribution in [0.15, 0.2) is 18.2 Å². The van der Waals surface area contributed by atoms with Crippen LogP contribution in [0.5, 0.6) is 0 Å². The Labute approximate surface area is 127 Å². The number of carbonyl (C=O) groups is 2. The van der Waals surface area contributed by atoms with Crippen LogP contribution >= 0.6 is 11.3 Å². The zero-order valence-corrected chi connectivity index (χ0v) is 13.0. The number of hydrogen-bond acceptors (Lipinski definition) is 4. The standard InChI is InChI=1S/C15H19N3O2S/c1-3-5-13(19)16-10-7-8-11-12(9-10)21-15(17-11)18-14(20)6-4-2/h7-9H,3-6H2,1-2H3,(H,16,19)(H,17,18,20). The number of carbonyl (C=O) groups excluding carboxylic acids is 2. The molecule has 21 heavy (non-hydrogen) atoms. The molecule has 0 fully saturated rings. The van der Waals surface area contributed by atoms with Crippen molar-refractivity contribution < 1.29 is 9.59 Å². The average molecular weight is 305 g/mol. The molecule has 0 atom stereocenters. The lowest BCUT2D eigenvalue weighted by atomic mass is 10.2. The van der Waals surface area contributed by atoms with Gasteiger partial charge in [0.05, 0.1) is 10.2 Å². The van der Waals surface area contributed by atoms with Crippen LogP contribution in [0.2, 0.25) is 0 Å². The fourth-order valence-electron chi connectivity index (χ4n) is 1.92. The highest BCUT2D eigenvalue weighted by Crippen LogP contribution is 2.28. The molecule has 0 radical (unpaired) electrons. The van der Waals surface area contributed by atoms with Gasteiger partial charge < -0.3 is 10.6 Å². The SMILES string of the molecule is CCCC(=O)Nc1ccc2nc(NC(=O)CCC)sc2c1. The third kappa shape index (κ3) is 4.26. The summed E-state index contributed by atoms with van der Waals surface area (Å²) in [5, 5.41) is 6.25. The van der Waals surface area contributed by atoms with Gasteiger partial charge in [-0.2, -0.15) is 0 Å². The van der Waals surface area contributed by atoms with Crippen molar-refractivity contribution in [1.82, 2.24) is 4.98 Å². The first kappa shape index (κ1) is 15.4. The minimum atomic E-state index is -0.0203. The van der Waals surface area contributed by atoms with Crippen molar-refractivity contribution in [2.24, 2.45) is 0 Å². The van der Waals surface area contributed by atoms with Crippen molar-refractivity contribution in [2.45, 2.75) is 39.5 Å². The van der Waals surface area contributed by atoms with Crippen molar-refractivity contribution >= 4 is 44.2 Å². The third-order valence-corrected chi connectivity index (χ3v) is 3.81. The molecular weight excluding hydrogens is 286 g/mol. The highest BCUT2D eigenvalue weighted by Gasteiger charge is 2.08. The van der Waals surface area contributed by atoms with Gasteiger partial charge in [-0.25, -0.2) is 4.98 Å². The largest absolute Gasteiger partial charge is 0.326 e. The van der Waals surface area contributed by atoms with Crippen LogP contribution in [-0.2, 0) is 9.59 Å². The molecule has 0 bridgehead atoms. The van der Waals surface area contributed by atoms with E-state index in [1.807, 2.05) is 32.0 Å². The molecule has 112 valence electrons. The van der Waals surface area contributed by atoms with E-state index in [9.17, 15) is 9.59 Å². The Morgan fingerprint density at radius 3 is 2.43 bits per heavy atom. The number of anilines is 2. The lowest BCUT2D eigenvalue weighted by molar-refractivity contribution is -0.117. The van der Waals surface area contributed by atoms with E-state index in [1.165, 1.54) is 11.3 Å². The number of benzene rings is 1. The monoisotopic (exact) mass is 305 g/mol. The van der Waals surface area contributed by atoms with Gasteiger partial charge in [0.2, 0.25) is 11.8 Å². The van der Waals surface area contributed by atoms with Crippen LogP contribution in [0.4, 0.5) is 10.8 Å². The minimum absolute atomic E-state index is 0.0119. The van der Waals surface area contributed by atoms with Gasteiger partial charge in [0, 0.05) is 18.5 Å². The summed E-state index contributed by atoms with van der Waals surface area (Å²) < 4.78 is 0.941. The third-order valence-electron chi connectivity index (χ3n) is 2.87. The van der Waals surface area contributed by atoms with Crippen molar-refractivity contribution in [3.8, 4) is 0 Å². The lowest BCUT2D eigenvalue weighted by Gasteiger charge is -2.03. The number of fused-ring (bicyclic) bond motifs is 1. The van der Waals surface area contributed by atoms with Crippen molar-refractivity contribution in [3.63, 3.8) is 0 Å². The van der Waals surface area contributed by atoms with Crippen LogP contribution in [0, 0.1) is 0 Å². The molecule has 2 N–H and O–H groups in total. The number of nitrogens with one attached hydrogen (secondary N) is 2. The first-order chi connectivity index (χ1) is 10.1. The Bertz CT molecular complexity index is 633. The molecule has 0 aliphatic heterocycles. The Hall–Kier alpha value is -1.95. The second kappa shape index (κ2) is 7.17. The maximum Gasteiger partial charge on any atom is 0.226 e. The first-order valence-corrected chi connectivity index (χ1v) is 7.94. The van der Waals surface area contributed by atoms with E-state index in [1.54, 1.807) is 0 Å². The van der Waals surface area contributed by atoms with Gasteiger partial charge in [-0.3, -0.25) is 9.59 Å². The summed E-state index contributed by atoms with van der Waals surface area (Å²) in [6.07, 6.45) is 2.64. The van der Waals surface area contributed by atoms with E-state index in [-0.39, 0.29) is 11.8 Å². The lowest BCUT2D eigenvalue weighted by Crippen LogP contribution is -2.10. The van der Waals surface area contributed by atoms with Gasteiger partial charge in [0.25, 0.3) is 0 Å². The molecule has 0 spiro atoms. The zero-order valence-electron chi connectivity index (χ0n) is 12.2. The fraction of sp³-hybridized carbons (Fsp3) is 0.400. The normalized spacial score (nSPS) is 10.6. The number of aromatic nitrogens is 1. The van der Waals surface area contributed by atoms with E-state index in [0.29, 0.717) is 18.0 Å². The highest BCUT2D eigenvalue weighted by atomic mass is 32.1. The van der Waals surface area contributed by atoms with Crippen LogP contribution in [0.3, 0.4) is 0 Å². The predicted molar refractivity (Wildman–Crippen MR) is 86.7 cm³/mol. The van der Waals surface area contributed by atoms with E-state index < -0.39 is 0 Å². The smallest absolute Gasteiger partial charge is 0.226 e. The van der Waals surface area contributed by atoms with Gasteiger partial charge in [-0.1, -0.05) is 25.2 Å². The summed E-state index contributed by atoms with van der Waals surface area (Å²) in [4.78, 5) is 27.5. The maximum absolute atomic E-state index is 11.6. The van der Waals surface area contributed by atoms with Crippen LogP contribution in [0.25, 0.3) is 10.2 Å². The van der Waals surface area contributed by atoms with Crippen LogP contribution in [0.1, 0.15) is 39.5 Å². The molecule has 1 aromatic carbocycles. The molecule has 0 saturated carbocycles. The summed E-state index contributed by atoms with van der Waals surface area (Å²) in [6, 6.07) is 5.56. The van der Waals surface area contributed by atoms with Crippen LogP contribution in [-0.4, -0.2) is 16.8 Å². The number of thiazole rings is 1. The molecule has 0 aliphatic rings. The van der Waals surface area contributed by atoms with Gasteiger partial charge in [0.1, 0.15) is 0 Å². The zero-order chi connectivity index (χ0) is 15.2. The molecule has 1 heterocycles. The summed E-state index contributed by atoms with van der Waals surface area (Å²) in [7, 11) is 0. The summed E-state index contributed by atoms with van der Waals surface area (Å²) in [5.74, 6) is -0.00846. The van der Waals surface area contributed by atoms with E-state index in [2.05, 4.69) is 15.6 Å². The highest BCUT2D eigenvalue weighted by molar-refractivity contribution is 7.22. The molecule has 0 saturated heterocycles. The van der Waals surface area contributed by atoms with Gasteiger partial charge in [-0.15, -0.1) is 0 Å². The fourth-order valence-corrected chi connectivity index (χ4v) is 2.84. The number of rotatable bonds is 6. The molecule has 2 rings (SSSR count). The van der Waals surface area contributed by atoms with E-state index >= 15 is 0 Å². The number of amides is 2. The van der Waals surface area contributed by atoms with Crippen molar-refractivity contribution in [1.29, 1.82) is 0 Å². The summed E-state index contributed by atoms with van der Waals surface area (Å²) >= 11 is 1.41. The van der Waals surface area contributed by atoms with Gasteiger partial charge in [0.15, 0.2) is 5.13 Å². The molecule has 6 heteroatoms. The molecule has 0 aliphatic carbocycles. The van der Waals surface area contributed by atoms with Crippen LogP contribution < -0.4 is 10.6 Å². The molecule has 0 unspecified atom stereocenters. The Morgan fingerprint density at radius 2 is 1.76 bits per heavy atom. The summed E-state index contributed by atoms with van der Waals surface area (Å²) in [6.45, 7) is 3.93. The summed E-state index contributed by atoms with van der Waals surface area (Å²) in [5.41, 5.74) is 1.58. The average Bonchev–Trinajstić information content (AvgIpc) is 2.80. The van der Waals surface area contributed by atoms with E-state index in [0.717, 1.165) is 28.7 Å². The van der Waals surface area contributed by atoms with Gasteiger partial charge in [-0.05, 0) is 31.0 Å². The second-order valence-corrected chi connectivity index (χ2v) is 5.83. The molecule has 5 nitrogen and oxygen atoms in total. The molecular formula is C15H19N3O2S. The van der Waals surface area contributed by atoms with Crippen molar-refractivity contribution in [3.05, 3.63) is 18.2 Å². The Morgan fingerprint density at radius 1 is 1.10 bits per heavy atom. The Kier molecular flexibility index (Phi) is 5.27.